The minimum absolute atomic E-state index is 0.0192. The van der Waals surface area contributed by atoms with Crippen LogP contribution in [0.5, 0.6) is 0 Å². The van der Waals surface area contributed by atoms with E-state index in [-0.39, 0.29) is 11.7 Å². The van der Waals surface area contributed by atoms with Gasteiger partial charge in [-0.2, -0.15) is 13.2 Å². The van der Waals surface area contributed by atoms with Crippen molar-refractivity contribution in [1.82, 2.24) is 0 Å². The molecule has 0 bridgehead atoms. The van der Waals surface area contributed by atoms with Gasteiger partial charge in [-0.1, -0.05) is 51.7 Å². The fourth-order valence-corrected chi connectivity index (χ4v) is 9.49. The molecule has 0 saturated heterocycles. The van der Waals surface area contributed by atoms with Crippen LogP contribution < -0.4 is 15.3 Å². The molecule has 1 aliphatic rings. The largest absolute Gasteiger partial charge is 0.542 e. The van der Waals surface area contributed by atoms with Gasteiger partial charge < -0.3 is 29.7 Å². The maximum absolute atomic E-state index is 14.1. The number of quaternary nitrogens is 1. The number of carboxylic acid groups (broad SMARTS) is 1. The summed E-state index contributed by atoms with van der Waals surface area (Å²) in [5.41, 5.74) is 2.25. The lowest BCUT2D eigenvalue weighted by Crippen LogP contribution is -2.48. The fraction of sp³-hybridized carbons (Fsp3) is 0.641. The Balaban J connectivity index is 0.00000121. The first-order chi connectivity index (χ1) is 24.4. The van der Waals surface area contributed by atoms with E-state index in [0.717, 1.165) is 80.4 Å². The molecule has 2 N–H and O–H groups in total. The minimum atomic E-state index is -5.19. The van der Waals surface area contributed by atoms with Crippen LogP contribution in [-0.2, 0) is 19.4 Å². The van der Waals surface area contributed by atoms with Gasteiger partial charge in [-0.05, 0) is 87.9 Å². The highest BCUT2D eigenvalue weighted by Gasteiger charge is 2.49. The zero-order chi connectivity index (χ0) is 39.3. The first kappa shape index (κ1) is 45.0. The molecule has 294 valence electrons. The number of rotatable bonds is 17. The Bertz CT molecular complexity index is 1540. The second-order valence-corrected chi connectivity index (χ2v) is 16.3. The molecule has 0 aromatic heterocycles. The molecule has 1 aliphatic heterocycles. The molecule has 1 heterocycles. The van der Waals surface area contributed by atoms with Crippen molar-refractivity contribution >= 4 is 33.1 Å². The highest BCUT2D eigenvalue weighted by atomic mass is 32.2. The van der Waals surface area contributed by atoms with E-state index in [1.165, 1.54) is 0 Å². The molecule has 0 spiro atoms. The van der Waals surface area contributed by atoms with Crippen molar-refractivity contribution in [2.24, 2.45) is 5.41 Å². The van der Waals surface area contributed by atoms with E-state index in [9.17, 15) is 31.5 Å². The first-order valence-electron chi connectivity index (χ1n) is 18.6. The Kier molecular flexibility index (Phi) is 17.1. The third kappa shape index (κ3) is 11.9. The van der Waals surface area contributed by atoms with Gasteiger partial charge in [-0.25, -0.2) is 8.42 Å². The summed E-state index contributed by atoms with van der Waals surface area (Å²) in [5, 5.41) is 24.3. The molecule has 9 nitrogen and oxygen atoms in total. The number of nitrogens with one attached hydrogen (secondary N) is 1. The summed E-state index contributed by atoms with van der Waals surface area (Å²) in [6.07, 6.45) is 1.08. The third-order valence-electron chi connectivity index (χ3n) is 10.7. The van der Waals surface area contributed by atoms with E-state index in [2.05, 4.69) is 39.9 Å². The van der Waals surface area contributed by atoms with Gasteiger partial charge in [0.2, 0.25) is 5.91 Å². The van der Waals surface area contributed by atoms with Crippen molar-refractivity contribution in [2.75, 3.05) is 56.2 Å². The van der Waals surface area contributed by atoms with Gasteiger partial charge in [-0.15, -0.1) is 0 Å². The summed E-state index contributed by atoms with van der Waals surface area (Å²) in [7, 11) is 0.204. The summed E-state index contributed by atoms with van der Waals surface area (Å²) < 4.78 is 60.9. The van der Waals surface area contributed by atoms with Crippen molar-refractivity contribution in [1.29, 1.82) is 0 Å². The molecule has 3 rings (SSSR count). The molecule has 0 saturated carbocycles. The van der Waals surface area contributed by atoms with Gasteiger partial charge in [0.05, 0.1) is 42.9 Å². The van der Waals surface area contributed by atoms with Crippen LogP contribution in [0.4, 0.5) is 24.5 Å². The Labute approximate surface area is 309 Å². The smallest absolute Gasteiger partial charge is 0.430 e. The number of halogens is 3. The van der Waals surface area contributed by atoms with E-state index >= 15 is 0 Å². The van der Waals surface area contributed by atoms with Crippen LogP contribution in [0.3, 0.4) is 0 Å². The molecule has 1 amide bonds. The standard InChI is InChI=1S/C37H59N3O4S.C2HF3O2/c1-8-13-23-37(24-14-9-2)28-45(43,44)33-22-21-31(39(6)7)27-32(33)35(36(37)42)29-18-17-19-30(26-29)38-34(41)20-15-16-25-40(10-3,11-4)12-5;3-2(4,5)1(6)7/h17-19,21-22,26-27,35-36,42H,8-16,20,23-25,28H2,1-7H3;(H,6,7)/t35-,36-;/m0./s1. The van der Waals surface area contributed by atoms with Gasteiger partial charge in [0.15, 0.2) is 9.84 Å². The Morgan fingerprint density at radius 2 is 1.52 bits per heavy atom. The quantitative estimate of drug-likeness (QED) is 0.136. The SMILES string of the molecule is CCCCC1(CCCC)CS(=O)(=O)c2ccc(N(C)C)cc2[C@H](c2cccc(NC(=O)CCCC[N+](CC)(CC)CC)c2)[C@@H]1O.O=C([O-])C(F)(F)F. The molecule has 2 atom stereocenters. The van der Waals surface area contributed by atoms with Crippen LogP contribution in [0.1, 0.15) is 109 Å². The molecule has 0 radical (unpaired) electrons. The number of benzene rings is 2. The number of carbonyl (C=O) groups is 2. The molecule has 52 heavy (non-hydrogen) atoms. The summed E-state index contributed by atoms with van der Waals surface area (Å²) in [6, 6.07) is 13.2. The highest BCUT2D eigenvalue weighted by Crippen LogP contribution is 2.50. The van der Waals surface area contributed by atoms with Gasteiger partial charge in [0.25, 0.3) is 0 Å². The number of carbonyl (C=O) groups excluding carboxylic acids is 2. The lowest BCUT2D eigenvalue weighted by atomic mass is 9.68. The number of anilines is 2. The van der Waals surface area contributed by atoms with E-state index in [0.29, 0.717) is 35.4 Å². The van der Waals surface area contributed by atoms with E-state index in [1.807, 2.05) is 55.4 Å². The van der Waals surface area contributed by atoms with Crippen LogP contribution in [0.15, 0.2) is 47.4 Å². The van der Waals surface area contributed by atoms with Gasteiger partial charge in [0.1, 0.15) is 5.97 Å². The Morgan fingerprint density at radius 3 is 2.02 bits per heavy atom. The molecular formula is C39H60F3N3O6S. The van der Waals surface area contributed by atoms with Crippen LogP contribution in [0.25, 0.3) is 0 Å². The number of aliphatic carboxylic acids is 1. The Hall–Kier alpha value is -3.16. The average molecular weight is 756 g/mol. The number of amides is 1. The van der Waals surface area contributed by atoms with Crippen LogP contribution in [0, 0.1) is 5.41 Å². The maximum atomic E-state index is 14.1. The zero-order valence-corrected chi connectivity index (χ0v) is 32.8. The summed E-state index contributed by atoms with van der Waals surface area (Å²) in [6.45, 7) is 15.4. The summed E-state index contributed by atoms with van der Waals surface area (Å²) in [4.78, 5) is 24.1. The molecule has 2 aromatic carbocycles. The third-order valence-corrected chi connectivity index (χ3v) is 12.7. The zero-order valence-electron chi connectivity index (χ0n) is 32.0. The number of aliphatic hydroxyl groups is 1. The molecule has 0 fully saturated rings. The number of fused-ring (bicyclic) bond motifs is 1. The van der Waals surface area contributed by atoms with Crippen LogP contribution in [-0.4, -0.2) is 88.2 Å². The second-order valence-electron chi connectivity index (χ2n) is 14.3. The van der Waals surface area contributed by atoms with Crippen molar-refractivity contribution < 1.29 is 45.9 Å². The fourth-order valence-electron chi connectivity index (χ4n) is 7.30. The maximum Gasteiger partial charge on any atom is 0.430 e. The number of unbranched alkanes of at least 4 members (excludes halogenated alkanes) is 3. The predicted octanol–water partition coefficient (Wildman–Crippen LogP) is 6.68. The molecule has 13 heteroatoms. The van der Waals surface area contributed by atoms with Gasteiger partial charge in [0, 0.05) is 43.2 Å². The van der Waals surface area contributed by atoms with E-state index in [1.54, 1.807) is 6.07 Å². The van der Waals surface area contributed by atoms with Crippen molar-refractivity contribution in [3.8, 4) is 0 Å². The lowest BCUT2D eigenvalue weighted by Gasteiger charge is -2.40. The number of hydrogen-bond donors (Lipinski definition) is 2. The molecule has 0 aliphatic carbocycles. The molecule has 2 aromatic rings. The minimum Gasteiger partial charge on any atom is -0.542 e. The number of sulfone groups is 1. The second kappa shape index (κ2) is 19.8. The summed E-state index contributed by atoms with van der Waals surface area (Å²) >= 11 is 0. The summed E-state index contributed by atoms with van der Waals surface area (Å²) in [5.74, 6) is -3.64. The normalized spacial score (nSPS) is 18.0. The number of alkyl halides is 3. The number of carboxylic acids is 1. The van der Waals surface area contributed by atoms with Crippen molar-refractivity contribution in [2.45, 2.75) is 115 Å². The van der Waals surface area contributed by atoms with E-state index < -0.39 is 39.4 Å². The number of hydrogen-bond acceptors (Lipinski definition) is 7. The van der Waals surface area contributed by atoms with Gasteiger partial charge >= 0.3 is 6.18 Å². The van der Waals surface area contributed by atoms with Crippen molar-refractivity contribution in [3.05, 3.63) is 53.6 Å². The molecular weight excluding hydrogens is 696 g/mol. The van der Waals surface area contributed by atoms with Crippen LogP contribution in [0.2, 0.25) is 0 Å². The van der Waals surface area contributed by atoms with Gasteiger partial charge in [-0.3, -0.25) is 4.79 Å². The topological polar surface area (TPSA) is 127 Å². The predicted molar refractivity (Wildman–Crippen MR) is 199 cm³/mol. The monoisotopic (exact) mass is 755 g/mol. The Morgan fingerprint density at radius 1 is 0.942 bits per heavy atom. The van der Waals surface area contributed by atoms with Crippen LogP contribution >= 0.6 is 0 Å². The highest BCUT2D eigenvalue weighted by molar-refractivity contribution is 7.91. The van der Waals surface area contributed by atoms with Crippen molar-refractivity contribution in [3.63, 3.8) is 0 Å². The van der Waals surface area contributed by atoms with E-state index in [4.69, 9.17) is 9.90 Å². The molecule has 0 unspecified atom stereocenters. The average Bonchev–Trinajstić information content (AvgIpc) is 3.16. The number of aliphatic hydroxyl groups excluding tert-OH is 1. The number of nitrogens with zero attached hydrogens (tertiary/aromatic N) is 2. The first-order valence-corrected chi connectivity index (χ1v) is 20.3. The lowest BCUT2D eigenvalue weighted by molar-refractivity contribution is -0.923.